The van der Waals surface area contributed by atoms with E-state index in [0.717, 1.165) is 23.7 Å². The van der Waals surface area contributed by atoms with Crippen LogP contribution in [0.5, 0.6) is 0 Å². The van der Waals surface area contributed by atoms with Gasteiger partial charge in [-0.2, -0.15) is 5.26 Å². The van der Waals surface area contributed by atoms with Gasteiger partial charge in [0.2, 0.25) is 0 Å². The zero-order valence-corrected chi connectivity index (χ0v) is 12.4. The number of hydrogen-bond acceptors (Lipinski definition) is 3. The van der Waals surface area contributed by atoms with Gasteiger partial charge in [0.15, 0.2) is 0 Å². The maximum Gasteiger partial charge on any atom is 0.0635 e. The van der Waals surface area contributed by atoms with E-state index in [0.29, 0.717) is 18.9 Å². The summed E-state index contributed by atoms with van der Waals surface area (Å²) >= 11 is 5.92. The van der Waals surface area contributed by atoms with Crippen molar-refractivity contribution in [2.24, 2.45) is 11.7 Å². The Hall–Kier alpha value is -1.08. The quantitative estimate of drug-likeness (QED) is 0.834. The molecule has 0 fully saturated rings. The van der Waals surface area contributed by atoms with Crippen molar-refractivity contribution in [3.63, 3.8) is 0 Å². The second-order valence-electron chi connectivity index (χ2n) is 5.10. The lowest BCUT2D eigenvalue weighted by Gasteiger charge is -2.32. The molecule has 19 heavy (non-hydrogen) atoms. The van der Waals surface area contributed by atoms with Crippen LogP contribution in [0, 0.1) is 17.2 Å². The molecule has 1 aromatic rings. The third-order valence-electron chi connectivity index (χ3n) is 3.03. The monoisotopic (exact) mass is 279 g/mol. The van der Waals surface area contributed by atoms with Crippen LogP contribution in [-0.2, 0) is 0 Å². The number of rotatable bonds is 7. The van der Waals surface area contributed by atoms with Crippen LogP contribution >= 0.6 is 11.6 Å². The van der Waals surface area contributed by atoms with E-state index in [1.165, 1.54) is 0 Å². The Bertz CT molecular complexity index is 408. The summed E-state index contributed by atoms with van der Waals surface area (Å²) in [7, 11) is 0. The van der Waals surface area contributed by atoms with Crippen molar-refractivity contribution in [1.82, 2.24) is 4.90 Å². The maximum absolute atomic E-state index is 8.79. The molecule has 1 atom stereocenters. The molecule has 4 heteroatoms. The first-order valence-electron chi connectivity index (χ1n) is 6.65. The molecule has 0 amide bonds. The second-order valence-corrected chi connectivity index (χ2v) is 5.54. The smallest absolute Gasteiger partial charge is 0.0635 e. The fourth-order valence-corrected chi connectivity index (χ4v) is 2.34. The van der Waals surface area contributed by atoms with Crippen LogP contribution in [-0.4, -0.2) is 24.5 Å². The molecule has 0 aliphatic rings. The minimum atomic E-state index is 0.146. The molecular weight excluding hydrogens is 258 g/mol. The van der Waals surface area contributed by atoms with E-state index in [4.69, 9.17) is 22.6 Å². The van der Waals surface area contributed by atoms with Crippen LogP contribution in [0.2, 0.25) is 5.02 Å². The Kier molecular flexibility index (Phi) is 6.86. The van der Waals surface area contributed by atoms with E-state index >= 15 is 0 Å². The predicted molar refractivity (Wildman–Crippen MR) is 79.9 cm³/mol. The molecule has 0 heterocycles. The highest BCUT2D eigenvalue weighted by Crippen LogP contribution is 2.22. The molecule has 1 rings (SSSR count). The third-order valence-corrected chi connectivity index (χ3v) is 3.28. The van der Waals surface area contributed by atoms with E-state index in [-0.39, 0.29) is 6.04 Å². The van der Waals surface area contributed by atoms with E-state index in [2.05, 4.69) is 24.8 Å². The highest BCUT2D eigenvalue weighted by atomic mass is 35.5. The van der Waals surface area contributed by atoms with E-state index < -0.39 is 0 Å². The Morgan fingerprint density at radius 3 is 2.42 bits per heavy atom. The fraction of sp³-hybridized carbons (Fsp3) is 0.533. The zero-order chi connectivity index (χ0) is 14.3. The highest BCUT2D eigenvalue weighted by Gasteiger charge is 2.19. The van der Waals surface area contributed by atoms with Crippen LogP contribution in [0.4, 0.5) is 0 Å². The van der Waals surface area contributed by atoms with Gasteiger partial charge in [0, 0.05) is 37.1 Å². The summed E-state index contributed by atoms with van der Waals surface area (Å²) in [5.74, 6) is 0.542. The second kappa shape index (κ2) is 8.16. The average molecular weight is 280 g/mol. The molecule has 1 unspecified atom stereocenters. The molecule has 2 N–H and O–H groups in total. The van der Waals surface area contributed by atoms with E-state index in [1.54, 1.807) is 0 Å². The van der Waals surface area contributed by atoms with Crippen LogP contribution in [0.1, 0.15) is 31.9 Å². The van der Waals surface area contributed by atoms with Crippen molar-refractivity contribution in [3.8, 4) is 6.07 Å². The summed E-state index contributed by atoms with van der Waals surface area (Å²) in [5.41, 5.74) is 7.09. The number of nitrogens with two attached hydrogens (primary N) is 1. The minimum Gasteiger partial charge on any atom is -0.329 e. The number of benzene rings is 1. The van der Waals surface area contributed by atoms with Crippen molar-refractivity contribution in [3.05, 3.63) is 34.9 Å². The molecule has 0 spiro atoms. The van der Waals surface area contributed by atoms with Gasteiger partial charge in [0.1, 0.15) is 0 Å². The summed E-state index contributed by atoms with van der Waals surface area (Å²) in [6, 6.07) is 10.2. The van der Waals surface area contributed by atoms with Crippen molar-refractivity contribution < 1.29 is 0 Å². The number of halogens is 1. The van der Waals surface area contributed by atoms with Crippen LogP contribution < -0.4 is 5.73 Å². The third kappa shape index (κ3) is 5.20. The summed E-state index contributed by atoms with van der Waals surface area (Å²) < 4.78 is 0. The van der Waals surface area contributed by atoms with Gasteiger partial charge >= 0.3 is 0 Å². The Balaban J connectivity index is 2.88. The molecule has 0 aliphatic carbocycles. The fourth-order valence-electron chi connectivity index (χ4n) is 2.22. The van der Waals surface area contributed by atoms with Gasteiger partial charge < -0.3 is 5.73 Å². The Labute approximate surface area is 121 Å². The first-order chi connectivity index (χ1) is 9.08. The van der Waals surface area contributed by atoms with Gasteiger partial charge in [-0.15, -0.1) is 0 Å². The number of nitrogens with zero attached hydrogens (tertiary/aromatic N) is 2. The lowest BCUT2D eigenvalue weighted by Crippen LogP contribution is -2.37. The summed E-state index contributed by atoms with van der Waals surface area (Å²) in [6.45, 7) is 6.58. The van der Waals surface area contributed by atoms with Crippen molar-refractivity contribution in [2.45, 2.75) is 26.3 Å². The summed E-state index contributed by atoms with van der Waals surface area (Å²) in [4.78, 5) is 2.29. The molecule has 0 saturated carbocycles. The minimum absolute atomic E-state index is 0.146. The molecule has 0 aromatic heterocycles. The Morgan fingerprint density at radius 2 is 1.95 bits per heavy atom. The lowest BCUT2D eigenvalue weighted by molar-refractivity contribution is 0.183. The van der Waals surface area contributed by atoms with Crippen molar-refractivity contribution >= 4 is 11.6 Å². The lowest BCUT2D eigenvalue weighted by atomic mass is 10.0. The van der Waals surface area contributed by atoms with Crippen molar-refractivity contribution in [2.75, 3.05) is 19.6 Å². The molecule has 0 aliphatic heterocycles. The predicted octanol–water partition coefficient (Wildman–Crippen LogP) is 3.21. The zero-order valence-electron chi connectivity index (χ0n) is 11.6. The van der Waals surface area contributed by atoms with Crippen LogP contribution in [0.15, 0.2) is 24.3 Å². The summed E-state index contributed by atoms with van der Waals surface area (Å²) in [6.07, 6.45) is 0.525. The Morgan fingerprint density at radius 1 is 1.32 bits per heavy atom. The highest BCUT2D eigenvalue weighted by molar-refractivity contribution is 6.30. The van der Waals surface area contributed by atoms with Gasteiger partial charge in [0.25, 0.3) is 0 Å². The van der Waals surface area contributed by atoms with Gasteiger partial charge in [-0.25, -0.2) is 0 Å². The van der Waals surface area contributed by atoms with Crippen molar-refractivity contribution in [1.29, 1.82) is 5.26 Å². The normalized spacial score (nSPS) is 12.7. The topological polar surface area (TPSA) is 53.0 Å². The van der Waals surface area contributed by atoms with Gasteiger partial charge in [-0.3, -0.25) is 4.90 Å². The molecule has 1 aromatic carbocycles. The van der Waals surface area contributed by atoms with Gasteiger partial charge in [-0.05, 0) is 23.6 Å². The maximum atomic E-state index is 8.79. The number of nitriles is 1. The summed E-state index contributed by atoms with van der Waals surface area (Å²) in [5, 5.41) is 9.51. The van der Waals surface area contributed by atoms with E-state index in [9.17, 15) is 0 Å². The van der Waals surface area contributed by atoms with Crippen LogP contribution in [0.25, 0.3) is 0 Å². The molecule has 0 bridgehead atoms. The van der Waals surface area contributed by atoms with E-state index in [1.807, 2.05) is 24.3 Å². The largest absolute Gasteiger partial charge is 0.329 e. The van der Waals surface area contributed by atoms with Gasteiger partial charge in [-0.1, -0.05) is 37.6 Å². The molecule has 0 saturated heterocycles. The molecule has 0 radical (unpaired) electrons. The number of hydrogen-bond donors (Lipinski definition) is 1. The SMILES string of the molecule is CC(C)CN(CCC#N)C(CN)c1ccc(Cl)cc1. The average Bonchev–Trinajstić information content (AvgIpc) is 2.38. The van der Waals surface area contributed by atoms with Crippen LogP contribution in [0.3, 0.4) is 0 Å². The first kappa shape index (κ1) is 16.0. The molecule has 3 nitrogen and oxygen atoms in total. The standard InChI is InChI=1S/C15H22ClN3/c1-12(2)11-19(9-3-8-17)15(10-18)13-4-6-14(16)7-5-13/h4-7,12,15H,3,9-11,18H2,1-2H3. The van der Waals surface area contributed by atoms with Gasteiger partial charge in [0.05, 0.1) is 6.07 Å². The first-order valence-corrected chi connectivity index (χ1v) is 7.02. The molecule has 104 valence electrons. The molecular formula is C15H22ClN3.